The summed E-state index contributed by atoms with van der Waals surface area (Å²) in [5.41, 5.74) is 1.80. The topological polar surface area (TPSA) is 90.0 Å². The molecule has 0 saturated carbocycles. The third-order valence-electron chi connectivity index (χ3n) is 8.43. The van der Waals surface area contributed by atoms with E-state index in [1.165, 1.54) is 12.8 Å². The van der Waals surface area contributed by atoms with Crippen LogP contribution < -0.4 is 10.2 Å². The van der Waals surface area contributed by atoms with Crippen molar-refractivity contribution in [1.29, 1.82) is 0 Å². The summed E-state index contributed by atoms with van der Waals surface area (Å²) >= 11 is 0. The van der Waals surface area contributed by atoms with E-state index in [2.05, 4.69) is 10.2 Å². The Balaban J connectivity index is 1.07. The summed E-state index contributed by atoms with van der Waals surface area (Å²) in [6.45, 7) is 5.28. The molecule has 8 nitrogen and oxygen atoms in total. The Morgan fingerprint density at radius 1 is 1.00 bits per heavy atom. The van der Waals surface area contributed by atoms with E-state index in [1.54, 1.807) is 9.80 Å². The summed E-state index contributed by atoms with van der Waals surface area (Å²) in [5, 5.41) is 2.97. The maximum atomic E-state index is 13.1. The van der Waals surface area contributed by atoms with Gasteiger partial charge in [0.1, 0.15) is 6.04 Å². The van der Waals surface area contributed by atoms with Crippen LogP contribution in [0.5, 0.6) is 0 Å². The van der Waals surface area contributed by atoms with Gasteiger partial charge in [0.15, 0.2) is 5.78 Å². The minimum atomic E-state index is -0.499. The molecule has 3 aliphatic heterocycles. The van der Waals surface area contributed by atoms with Crippen LogP contribution >= 0.6 is 0 Å². The van der Waals surface area contributed by atoms with Crippen LogP contribution in [0.2, 0.25) is 0 Å². The molecule has 0 bridgehead atoms. The molecule has 1 N–H and O–H groups in total. The normalized spacial score (nSPS) is 24.1. The number of rotatable bonds is 8. The molecule has 1 aromatic carbocycles. The summed E-state index contributed by atoms with van der Waals surface area (Å²) in [5.74, 6) is -0.0971. The Morgan fingerprint density at radius 2 is 1.70 bits per heavy atom. The number of ketones is 1. The number of amides is 3. The Kier molecular flexibility index (Phi) is 7.63. The maximum absolute atomic E-state index is 13.1. The molecule has 198 valence electrons. The molecule has 1 aromatic rings. The van der Waals surface area contributed by atoms with Gasteiger partial charge in [0.25, 0.3) is 5.91 Å². The molecule has 4 aliphatic rings. The van der Waals surface area contributed by atoms with Crippen molar-refractivity contribution in [1.82, 2.24) is 15.1 Å². The number of nitrogens with zero attached hydrogens (tertiary/aromatic N) is 3. The molecule has 0 radical (unpaired) electrons. The standard InChI is InChI=1S/C29H38N4O4/c1-20(12-14-30-28(36)21-8-10-23(11-9-21)31-15-4-5-16-31)18-26(35)32-17-13-24-27(32)25(34)19-33(24)29(37)22-6-2-3-7-22/h2-3,8-11,20,22,24,27H,4-7,12-19H2,1H3,(H,30,36). The van der Waals surface area contributed by atoms with Crippen molar-refractivity contribution in [3.05, 3.63) is 42.0 Å². The predicted molar refractivity (Wildman–Crippen MR) is 141 cm³/mol. The second kappa shape index (κ2) is 11.1. The molecule has 3 atom stereocenters. The van der Waals surface area contributed by atoms with E-state index in [9.17, 15) is 19.2 Å². The number of Topliss-reactive ketones (excluding diaryl/α,β-unsaturated/α-hetero) is 1. The predicted octanol–water partition coefficient (Wildman–Crippen LogP) is 2.78. The molecule has 5 rings (SSSR count). The van der Waals surface area contributed by atoms with Gasteiger partial charge in [-0.1, -0.05) is 19.1 Å². The fourth-order valence-electron chi connectivity index (χ4n) is 6.29. The Morgan fingerprint density at radius 3 is 2.41 bits per heavy atom. The van der Waals surface area contributed by atoms with Gasteiger partial charge in [0, 0.05) is 49.8 Å². The van der Waals surface area contributed by atoms with Crippen LogP contribution in [0, 0.1) is 11.8 Å². The average molecular weight is 507 g/mol. The summed E-state index contributed by atoms with van der Waals surface area (Å²) < 4.78 is 0. The van der Waals surface area contributed by atoms with E-state index >= 15 is 0 Å². The fourth-order valence-corrected chi connectivity index (χ4v) is 6.29. The number of benzene rings is 1. The second-order valence-corrected chi connectivity index (χ2v) is 11.1. The number of hydrogen-bond donors (Lipinski definition) is 1. The highest BCUT2D eigenvalue weighted by Gasteiger charge is 2.51. The molecule has 0 spiro atoms. The number of hydrogen-bond acceptors (Lipinski definition) is 5. The Labute approximate surface area is 219 Å². The van der Waals surface area contributed by atoms with E-state index in [-0.39, 0.29) is 47.9 Å². The first-order valence-corrected chi connectivity index (χ1v) is 13.8. The third kappa shape index (κ3) is 5.43. The number of likely N-dealkylation sites (tertiary alicyclic amines) is 2. The average Bonchev–Trinajstić information content (AvgIpc) is 3.70. The van der Waals surface area contributed by atoms with E-state index < -0.39 is 6.04 Å². The molecule has 3 amide bonds. The van der Waals surface area contributed by atoms with Gasteiger partial charge in [-0.05, 0) is 68.7 Å². The largest absolute Gasteiger partial charge is 0.372 e. The minimum Gasteiger partial charge on any atom is -0.372 e. The van der Waals surface area contributed by atoms with Gasteiger partial charge in [-0.2, -0.15) is 0 Å². The summed E-state index contributed by atoms with van der Waals surface area (Å²) in [6.07, 6.45) is 9.63. The zero-order valence-electron chi connectivity index (χ0n) is 21.7. The lowest BCUT2D eigenvalue weighted by Crippen LogP contribution is -2.44. The van der Waals surface area contributed by atoms with E-state index in [1.807, 2.05) is 43.3 Å². The lowest BCUT2D eigenvalue weighted by molar-refractivity contribution is -0.137. The Hall–Kier alpha value is -3.16. The van der Waals surface area contributed by atoms with Crippen molar-refractivity contribution in [3.63, 3.8) is 0 Å². The number of fused-ring (bicyclic) bond motifs is 1. The fraction of sp³-hybridized carbons (Fsp3) is 0.586. The lowest BCUT2D eigenvalue weighted by atomic mass is 10.0. The quantitative estimate of drug-likeness (QED) is 0.548. The van der Waals surface area contributed by atoms with Gasteiger partial charge in [-0.15, -0.1) is 0 Å². The van der Waals surface area contributed by atoms with Crippen molar-refractivity contribution in [3.8, 4) is 0 Å². The van der Waals surface area contributed by atoms with E-state index in [0.29, 0.717) is 37.9 Å². The molecule has 3 saturated heterocycles. The van der Waals surface area contributed by atoms with E-state index in [0.717, 1.165) is 31.6 Å². The molecule has 3 fully saturated rings. The Bertz CT molecular complexity index is 1050. The van der Waals surface area contributed by atoms with Crippen LogP contribution in [0.25, 0.3) is 0 Å². The van der Waals surface area contributed by atoms with Gasteiger partial charge in [-0.3, -0.25) is 19.2 Å². The van der Waals surface area contributed by atoms with Gasteiger partial charge in [0.05, 0.1) is 12.6 Å². The van der Waals surface area contributed by atoms with Crippen molar-refractivity contribution in [2.75, 3.05) is 37.6 Å². The second-order valence-electron chi connectivity index (χ2n) is 11.1. The highest BCUT2D eigenvalue weighted by molar-refractivity contribution is 5.98. The van der Waals surface area contributed by atoms with Crippen LogP contribution in [-0.2, 0) is 14.4 Å². The zero-order chi connectivity index (χ0) is 25.9. The van der Waals surface area contributed by atoms with Crippen LogP contribution in [0.15, 0.2) is 36.4 Å². The highest BCUT2D eigenvalue weighted by atomic mass is 16.2. The molecular formula is C29H38N4O4. The SMILES string of the molecule is CC(CCNC(=O)c1ccc(N2CCCC2)cc1)CC(=O)N1CCC2C1C(=O)CN2C(=O)C1CC=CC1. The summed E-state index contributed by atoms with van der Waals surface area (Å²) in [4.78, 5) is 57.2. The molecule has 1 aliphatic carbocycles. The maximum Gasteiger partial charge on any atom is 0.251 e. The van der Waals surface area contributed by atoms with Crippen LogP contribution in [0.1, 0.15) is 62.2 Å². The monoisotopic (exact) mass is 506 g/mol. The summed E-state index contributed by atoms with van der Waals surface area (Å²) in [6, 6.07) is 7.08. The van der Waals surface area contributed by atoms with Crippen molar-refractivity contribution in [2.24, 2.45) is 11.8 Å². The molecule has 0 aromatic heterocycles. The van der Waals surface area contributed by atoms with Crippen LogP contribution in [-0.4, -0.2) is 78.1 Å². The molecule has 3 heterocycles. The van der Waals surface area contributed by atoms with E-state index in [4.69, 9.17) is 0 Å². The zero-order valence-corrected chi connectivity index (χ0v) is 21.7. The number of anilines is 1. The number of allylic oxidation sites excluding steroid dienone is 2. The van der Waals surface area contributed by atoms with Crippen molar-refractivity contribution < 1.29 is 19.2 Å². The first-order valence-electron chi connectivity index (χ1n) is 13.8. The summed E-state index contributed by atoms with van der Waals surface area (Å²) in [7, 11) is 0. The van der Waals surface area contributed by atoms with Crippen molar-refractivity contribution >= 4 is 29.2 Å². The van der Waals surface area contributed by atoms with Gasteiger partial charge < -0.3 is 20.0 Å². The molecule has 37 heavy (non-hydrogen) atoms. The van der Waals surface area contributed by atoms with Gasteiger partial charge in [-0.25, -0.2) is 0 Å². The molecule has 3 unspecified atom stereocenters. The van der Waals surface area contributed by atoms with Gasteiger partial charge in [0.2, 0.25) is 11.8 Å². The first kappa shape index (κ1) is 25.5. The van der Waals surface area contributed by atoms with Crippen LogP contribution in [0.4, 0.5) is 5.69 Å². The number of carbonyl (C=O) groups excluding carboxylic acids is 4. The first-order chi connectivity index (χ1) is 17.9. The lowest BCUT2D eigenvalue weighted by Gasteiger charge is -2.26. The molecular weight excluding hydrogens is 468 g/mol. The number of carbonyl (C=O) groups is 4. The highest BCUT2D eigenvalue weighted by Crippen LogP contribution is 2.33. The number of nitrogens with one attached hydrogen (secondary N) is 1. The third-order valence-corrected chi connectivity index (χ3v) is 8.43. The molecule has 8 heteroatoms. The van der Waals surface area contributed by atoms with Crippen molar-refractivity contribution in [2.45, 2.75) is 64.0 Å². The van der Waals surface area contributed by atoms with Gasteiger partial charge >= 0.3 is 0 Å². The minimum absolute atomic E-state index is 0.0224. The smallest absolute Gasteiger partial charge is 0.251 e. The van der Waals surface area contributed by atoms with Crippen LogP contribution in [0.3, 0.4) is 0 Å².